The number of thiophene rings is 1. The summed E-state index contributed by atoms with van der Waals surface area (Å²) in [5.41, 5.74) is 0.357. The van der Waals surface area contributed by atoms with E-state index >= 15 is 0 Å². The molecule has 0 aliphatic rings. The zero-order valence-corrected chi connectivity index (χ0v) is 21.8. The number of methoxy groups -OCH3 is 1. The Hall–Kier alpha value is -2.98. The van der Waals surface area contributed by atoms with Crippen molar-refractivity contribution in [2.45, 2.75) is 45.5 Å². The molecule has 1 aromatic heterocycles. The van der Waals surface area contributed by atoms with Gasteiger partial charge in [-0.2, -0.15) is 0 Å². The Balaban J connectivity index is 1.59. The summed E-state index contributed by atoms with van der Waals surface area (Å²) in [4.78, 5) is 0. The lowest BCUT2D eigenvalue weighted by Crippen LogP contribution is -2.48. The number of hydrogen-bond donors (Lipinski definition) is 0. The summed E-state index contributed by atoms with van der Waals surface area (Å²) in [6.07, 6.45) is 0. The van der Waals surface area contributed by atoms with Crippen LogP contribution in [0.25, 0.3) is 52.5 Å². The maximum atomic E-state index is 6.41. The van der Waals surface area contributed by atoms with E-state index in [0.29, 0.717) is 6.61 Å². The highest BCUT2D eigenvalue weighted by molar-refractivity contribution is 7.26. The largest absolute Gasteiger partial charge is 0.376 e. The van der Waals surface area contributed by atoms with Gasteiger partial charge in [0.05, 0.1) is 17.8 Å². The molecule has 0 aliphatic carbocycles. The van der Waals surface area contributed by atoms with Gasteiger partial charge in [-0.05, 0) is 72.3 Å². The summed E-state index contributed by atoms with van der Waals surface area (Å²) in [5.74, 6) is 0. The van der Waals surface area contributed by atoms with Crippen LogP contribution in [0.4, 0.5) is 0 Å². The molecule has 3 heteroatoms. The summed E-state index contributed by atoms with van der Waals surface area (Å²) >= 11 is 1.90. The lowest BCUT2D eigenvalue weighted by Gasteiger charge is -2.40. The molecule has 0 N–H and O–H groups in total. The zero-order valence-electron chi connectivity index (χ0n) is 20.9. The topological polar surface area (TPSA) is 18.5 Å². The highest BCUT2D eigenvalue weighted by Crippen LogP contribution is 2.44. The number of hydrogen-bond acceptors (Lipinski definition) is 3. The standard InChI is InChI=1S/C32H30O2S/c1-31(2,33-5)32(3,4)34-19-20-14-15-25-27(18-20)22-11-7-6-10-21(22)24-16-17-26-23-12-8-9-13-28(23)35-30(26)29(24)25/h6-18H,19H2,1-5H3. The van der Waals surface area contributed by atoms with Crippen LogP contribution < -0.4 is 0 Å². The lowest BCUT2D eigenvalue weighted by atomic mass is 9.89. The summed E-state index contributed by atoms with van der Waals surface area (Å²) in [7, 11) is 1.74. The van der Waals surface area contributed by atoms with Gasteiger partial charge in [0.15, 0.2) is 0 Å². The predicted octanol–water partition coefficient (Wildman–Crippen LogP) is 9.23. The van der Waals surface area contributed by atoms with Gasteiger partial charge < -0.3 is 9.47 Å². The molecule has 5 aromatic carbocycles. The van der Waals surface area contributed by atoms with Crippen molar-refractivity contribution in [3.05, 3.63) is 84.4 Å². The minimum Gasteiger partial charge on any atom is -0.376 e. The Morgan fingerprint density at radius 3 is 1.97 bits per heavy atom. The molecule has 0 unspecified atom stereocenters. The molecule has 6 aromatic rings. The van der Waals surface area contributed by atoms with Gasteiger partial charge in [-0.1, -0.05) is 66.7 Å². The molecule has 0 saturated carbocycles. The Labute approximate surface area is 210 Å². The molecule has 0 amide bonds. The van der Waals surface area contributed by atoms with Crippen molar-refractivity contribution in [1.29, 1.82) is 0 Å². The summed E-state index contributed by atoms with van der Waals surface area (Å²) < 4.78 is 14.8. The SMILES string of the molecule is COC(C)(C)C(C)(C)OCc1ccc2c(c1)c1ccccc1c1ccc3c4ccccc4sc3c12. The second-order valence-electron chi connectivity index (χ2n) is 10.4. The first-order valence-corrected chi connectivity index (χ1v) is 13.0. The number of rotatable bonds is 5. The van der Waals surface area contributed by atoms with Gasteiger partial charge >= 0.3 is 0 Å². The minimum absolute atomic E-state index is 0.389. The zero-order chi connectivity index (χ0) is 24.4. The van der Waals surface area contributed by atoms with E-state index in [1.807, 2.05) is 11.3 Å². The third kappa shape index (κ3) is 3.45. The molecule has 0 aliphatic heterocycles. The van der Waals surface area contributed by atoms with Gasteiger partial charge in [-0.15, -0.1) is 11.3 Å². The van der Waals surface area contributed by atoms with E-state index in [0.717, 1.165) is 0 Å². The van der Waals surface area contributed by atoms with Crippen molar-refractivity contribution in [1.82, 2.24) is 0 Å². The Morgan fingerprint density at radius 1 is 0.629 bits per heavy atom. The quantitative estimate of drug-likeness (QED) is 0.230. The van der Waals surface area contributed by atoms with Crippen LogP contribution >= 0.6 is 11.3 Å². The summed E-state index contributed by atoms with van der Waals surface area (Å²) in [6.45, 7) is 8.87. The van der Waals surface area contributed by atoms with Crippen molar-refractivity contribution in [2.75, 3.05) is 7.11 Å². The maximum absolute atomic E-state index is 6.41. The van der Waals surface area contributed by atoms with Crippen LogP contribution in [0.1, 0.15) is 33.3 Å². The Bertz CT molecular complexity index is 1740. The van der Waals surface area contributed by atoms with Gasteiger partial charge in [0.25, 0.3) is 0 Å². The highest BCUT2D eigenvalue weighted by Gasteiger charge is 2.38. The van der Waals surface area contributed by atoms with Crippen molar-refractivity contribution >= 4 is 63.8 Å². The van der Waals surface area contributed by atoms with E-state index in [4.69, 9.17) is 9.47 Å². The van der Waals surface area contributed by atoms with E-state index in [1.54, 1.807) is 7.11 Å². The minimum atomic E-state index is -0.425. The molecule has 0 radical (unpaired) electrons. The molecule has 2 nitrogen and oxygen atoms in total. The molecule has 176 valence electrons. The van der Waals surface area contributed by atoms with Crippen LogP contribution in [0.2, 0.25) is 0 Å². The van der Waals surface area contributed by atoms with Crippen LogP contribution in [-0.4, -0.2) is 18.3 Å². The first-order valence-electron chi connectivity index (χ1n) is 12.2. The summed E-state index contributed by atoms with van der Waals surface area (Å²) in [6, 6.07) is 29.0. The van der Waals surface area contributed by atoms with E-state index in [2.05, 4.69) is 107 Å². The van der Waals surface area contributed by atoms with Gasteiger partial charge in [0.1, 0.15) is 0 Å². The number of ether oxygens (including phenoxy) is 2. The summed E-state index contributed by atoms with van der Waals surface area (Å²) in [5, 5.41) is 10.5. The van der Waals surface area contributed by atoms with Gasteiger partial charge in [0.2, 0.25) is 0 Å². The Kier molecular flexibility index (Phi) is 5.16. The van der Waals surface area contributed by atoms with E-state index in [-0.39, 0.29) is 5.60 Å². The fourth-order valence-corrected chi connectivity index (χ4v) is 6.30. The fraction of sp³-hybridized carbons (Fsp3) is 0.250. The van der Waals surface area contributed by atoms with Gasteiger partial charge in [0, 0.05) is 32.7 Å². The molecule has 6 rings (SSSR count). The molecule has 0 spiro atoms. The van der Waals surface area contributed by atoms with Crippen molar-refractivity contribution < 1.29 is 9.47 Å². The third-order valence-electron chi connectivity index (χ3n) is 7.97. The first-order chi connectivity index (χ1) is 16.8. The van der Waals surface area contributed by atoms with Crippen molar-refractivity contribution in [3.63, 3.8) is 0 Å². The van der Waals surface area contributed by atoms with Crippen LogP contribution in [0, 0.1) is 0 Å². The van der Waals surface area contributed by atoms with Gasteiger partial charge in [-0.3, -0.25) is 0 Å². The average Bonchev–Trinajstić information content (AvgIpc) is 3.26. The normalized spacial score (nSPS) is 13.1. The second-order valence-corrected chi connectivity index (χ2v) is 11.5. The molecule has 35 heavy (non-hydrogen) atoms. The molecule has 0 atom stereocenters. The number of fused-ring (bicyclic) bond motifs is 10. The molecule has 0 bridgehead atoms. The lowest BCUT2D eigenvalue weighted by molar-refractivity contribution is -0.168. The monoisotopic (exact) mass is 478 g/mol. The molecular formula is C32H30O2S. The molecule has 0 saturated heterocycles. The fourth-order valence-electron chi connectivity index (χ4n) is 5.04. The van der Waals surface area contributed by atoms with Crippen LogP contribution in [0.3, 0.4) is 0 Å². The maximum Gasteiger partial charge on any atom is 0.0913 e. The smallest absolute Gasteiger partial charge is 0.0913 e. The van der Waals surface area contributed by atoms with Crippen LogP contribution in [0.5, 0.6) is 0 Å². The Morgan fingerprint density at radius 2 is 1.23 bits per heavy atom. The van der Waals surface area contributed by atoms with E-state index < -0.39 is 5.60 Å². The van der Waals surface area contributed by atoms with Crippen molar-refractivity contribution in [3.8, 4) is 0 Å². The van der Waals surface area contributed by atoms with E-state index in [9.17, 15) is 0 Å². The molecule has 1 heterocycles. The third-order valence-corrected chi connectivity index (χ3v) is 9.17. The predicted molar refractivity (Wildman–Crippen MR) is 152 cm³/mol. The van der Waals surface area contributed by atoms with Gasteiger partial charge in [-0.25, -0.2) is 0 Å². The average molecular weight is 479 g/mol. The van der Waals surface area contributed by atoms with Crippen molar-refractivity contribution in [2.24, 2.45) is 0 Å². The van der Waals surface area contributed by atoms with E-state index in [1.165, 1.54) is 58.1 Å². The molecular weight excluding hydrogens is 448 g/mol. The first kappa shape index (κ1) is 22.5. The molecule has 0 fully saturated rings. The van der Waals surface area contributed by atoms with Crippen LogP contribution in [0.15, 0.2) is 78.9 Å². The highest BCUT2D eigenvalue weighted by atomic mass is 32.1. The number of benzene rings is 5. The van der Waals surface area contributed by atoms with Crippen LogP contribution in [-0.2, 0) is 16.1 Å². The second kappa shape index (κ2) is 8.03.